The molecule has 2 rings (SSSR count). The molecule has 1 aliphatic heterocycles. The van der Waals surface area contributed by atoms with Crippen LogP contribution in [0.15, 0.2) is 21.6 Å². The standard InChI is InChI=1S/C12H20N2O3S2/c1-13-19(15,16)12-6-5-10(17-12)8-14-9-11-4-2-3-7-18-11/h5-6,11,13-14H,2-4,7-9H2,1H3. The lowest BCUT2D eigenvalue weighted by atomic mass is 10.2. The lowest BCUT2D eigenvalue weighted by molar-refractivity contribution is 0.400. The molecule has 0 aromatic carbocycles. The van der Waals surface area contributed by atoms with E-state index in [9.17, 15) is 8.42 Å². The highest BCUT2D eigenvalue weighted by atomic mass is 32.2. The summed E-state index contributed by atoms with van der Waals surface area (Å²) in [6.45, 7) is 1.51. The van der Waals surface area contributed by atoms with Crippen LogP contribution < -0.4 is 10.0 Å². The molecule has 1 atom stereocenters. The third kappa shape index (κ3) is 4.24. The van der Waals surface area contributed by atoms with E-state index in [0.717, 1.165) is 6.54 Å². The Hall–Kier alpha value is -0.500. The normalized spacial score (nSPS) is 20.6. The summed E-state index contributed by atoms with van der Waals surface area (Å²) in [7, 11) is -2.10. The van der Waals surface area contributed by atoms with Crippen molar-refractivity contribution in [1.29, 1.82) is 0 Å². The second-order valence-corrected chi connectivity index (χ2v) is 7.77. The average Bonchev–Trinajstić information content (AvgIpc) is 2.90. The number of rotatable bonds is 6. The maximum atomic E-state index is 11.5. The van der Waals surface area contributed by atoms with Crippen LogP contribution >= 0.6 is 11.8 Å². The van der Waals surface area contributed by atoms with Crippen LogP contribution in [-0.4, -0.2) is 33.0 Å². The summed E-state index contributed by atoms with van der Waals surface area (Å²) in [6.07, 6.45) is 3.89. The van der Waals surface area contributed by atoms with E-state index >= 15 is 0 Å². The quantitative estimate of drug-likeness (QED) is 0.834. The molecular formula is C12H20N2O3S2. The van der Waals surface area contributed by atoms with Gasteiger partial charge in [0.25, 0.3) is 10.0 Å². The van der Waals surface area contributed by atoms with Gasteiger partial charge in [-0.15, -0.1) is 0 Å². The SMILES string of the molecule is CNS(=O)(=O)c1ccc(CNCC2CCCCS2)o1. The molecule has 1 aromatic rings. The van der Waals surface area contributed by atoms with Crippen LogP contribution in [0.1, 0.15) is 25.0 Å². The van der Waals surface area contributed by atoms with Crippen LogP contribution in [0.4, 0.5) is 0 Å². The van der Waals surface area contributed by atoms with E-state index in [2.05, 4.69) is 10.0 Å². The average molecular weight is 304 g/mol. The van der Waals surface area contributed by atoms with Crippen LogP contribution in [0, 0.1) is 0 Å². The first-order valence-electron chi connectivity index (χ1n) is 6.46. The molecular weight excluding hydrogens is 284 g/mol. The number of sulfonamides is 1. The van der Waals surface area contributed by atoms with Gasteiger partial charge in [-0.3, -0.25) is 0 Å². The summed E-state index contributed by atoms with van der Waals surface area (Å²) in [5.41, 5.74) is 0. The molecule has 0 amide bonds. The summed E-state index contributed by atoms with van der Waals surface area (Å²) < 4.78 is 30.6. The van der Waals surface area contributed by atoms with E-state index in [0.29, 0.717) is 17.6 Å². The largest absolute Gasteiger partial charge is 0.447 e. The highest BCUT2D eigenvalue weighted by Gasteiger charge is 2.17. The Morgan fingerprint density at radius 1 is 1.42 bits per heavy atom. The van der Waals surface area contributed by atoms with Crippen LogP contribution in [0.25, 0.3) is 0 Å². The fourth-order valence-corrected chi connectivity index (χ4v) is 3.96. The minimum atomic E-state index is -3.47. The molecule has 7 heteroatoms. The number of hydrogen-bond acceptors (Lipinski definition) is 5. The predicted molar refractivity (Wildman–Crippen MR) is 76.8 cm³/mol. The second-order valence-electron chi connectivity index (χ2n) is 4.55. The zero-order chi connectivity index (χ0) is 13.7. The Kier molecular flexibility index (Phi) is 5.32. The number of nitrogens with one attached hydrogen (secondary N) is 2. The van der Waals surface area contributed by atoms with E-state index in [1.807, 2.05) is 11.8 Å². The van der Waals surface area contributed by atoms with Gasteiger partial charge in [-0.05, 0) is 37.8 Å². The molecule has 2 N–H and O–H groups in total. The zero-order valence-electron chi connectivity index (χ0n) is 11.0. The first kappa shape index (κ1) is 14.9. The third-order valence-corrected chi connectivity index (χ3v) is 5.80. The van der Waals surface area contributed by atoms with Gasteiger partial charge in [0.15, 0.2) is 0 Å². The van der Waals surface area contributed by atoms with Crippen LogP contribution in [0.3, 0.4) is 0 Å². The van der Waals surface area contributed by atoms with Crippen LogP contribution in [-0.2, 0) is 16.6 Å². The van der Waals surface area contributed by atoms with E-state index in [1.165, 1.54) is 38.1 Å². The van der Waals surface area contributed by atoms with E-state index in [1.54, 1.807) is 6.07 Å². The van der Waals surface area contributed by atoms with Crippen molar-refractivity contribution < 1.29 is 12.8 Å². The fraction of sp³-hybridized carbons (Fsp3) is 0.667. The molecule has 1 saturated heterocycles. The summed E-state index contributed by atoms with van der Waals surface area (Å²) in [5, 5.41) is 3.97. The zero-order valence-corrected chi connectivity index (χ0v) is 12.6. The highest BCUT2D eigenvalue weighted by Crippen LogP contribution is 2.24. The van der Waals surface area contributed by atoms with Gasteiger partial charge in [0.1, 0.15) is 5.76 Å². The Bertz CT molecular complexity index is 493. The Morgan fingerprint density at radius 2 is 2.26 bits per heavy atom. The minimum Gasteiger partial charge on any atom is -0.447 e. The number of thioether (sulfide) groups is 1. The molecule has 108 valence electrons. The van der Waals surface area contributed by atoms with Gasteiger partial charge in [0.2, 0.25) is 5.09 Å². The molecule has 19 heavy (non-hydrogen) atoms. The third-order valence-electron chi connectivity index (χ3n) is 3.12. The predicted octanol–water partition coefficient (Wildman–Crippen LogP) is 1.56. The van der Waals surface area contributed by atoms with E-state index in [4.69, 9.17) is 4.42 Å². The highest BCUT2D eigenvalue weighted by molar-refractivity contribution is 7.99. The van der Waals surface area contributed by atoms with Gasteiger partial charge in [-0.25, -0.2) is 13.1 Å². The molecule has 0 aliphatic carbocycles. The molecule has 0 radical (unpaired) electrons. The molecule has 1 unspecified atom stereocenters. The smallest absolute Gasteiger partial charge is 0.273 e. The van der Waals surface area contributed by atoms with Gasteiger partial charge in [0.05, 0.1) is 6.54 Å². The van der Waals surface area contributed by atoms with Crippen molar-refractivity contribution in [3.63, 3.8) is 0 Å². The minimum absolute atomic E-state index is 0.0289. The molecule has 1 aromatic heterocycles. The summed E-state index contributed by atoms with van der Waals surface area (Å²) in [6, 6.07) is 3.18. The summed E-state index contributed by atoms with van der Waals surface area (Å²) in [5.74, 6) is 1.90. The van der Waals surface area contributed by atoms with E-state index < -0.39 is 10.0 Å². The van der Waals surface area contributed by atoms with Crippen LogP contribution in [0.2, 0.25) is 0 Å². The van der Waals surface area contributed by atoms with Crippen molar-refractivity contribution in [1.82, 2.24) is 10.0 Å². The van der Waals surface area contributed by atoms with Crippen molar-refractivity contribution in [3.8, 4) is 0 Å². The summed E-state index contributed by atoms with van der Waals surface area (Å²) in [4.78, 5) is 0. The van der Waals surface area contributed by atoms with Gasteiger partial charge >= 0.3 is 0 Å². The first-order valence-corrected chi connectivity index (χ1v) is 8.99. The summed E-state index contributed by atoms with van der Waals surface area (Å²) >= 11 is 2.01. The van der Waals surface area contributed by atoms with Crippen molar-refractivity contribution in [2.24, 2.45) is 0 Å². The number of furan rings is 1. The van der Waals surface area contributed by atoms with Gasteiger partial charge in [0, 0.05) is 11.8 Å². The maximum absolute atomic E-state index is 11.5. The van der Waals surface area contributed by atoms with Gasteiger partial charge in [-0.1, -0.05) is 6.42 Å². The molecule has 1 aliphatic rings. The Morgan fingerprint density at radius 3 is 2.95 bits per heavy atom. The molecule has 5 nitrogen and oxygen atoms in total. The van der Waals surface area contributed by atoms with Gasteiger partial charge in [-0.2, -0.15) is 11.8 Å². The van der Waals surface area contributed by atoms with Crippen molar-refractivity contribution in [2.75, 3.05) is 19.3 Å². The Balaban J connectivity index is 1.80. The van der Waals surface area contributed by atoms with Crippen molar-refractivity contribution >= 4 is 21.8 Å². The molecule has 0 spiro atoms. The lowest BCUT2D eigenvalue weighted by Crippen LogP contribution is -2.26. The van der Waals surface area contributed by atoms with E-state index in [-0.39, 0.29) is 5.09 Å². The first-order chi connectivity index (χ1) is 9.12. The molecule has 0 bridgehead atoms. The van der Waals surface area contributed by atoms with Crippen molar-refractivity contribution in [3.05, 3.63) is 17.9 Å². The second kappa shape index (κ2) is 6.78. The fourth-order valence-electron chi connectivity index (χ4n) is 2.02. The number of hydrogen-bond donors (Lipinski definition) is 2. The molecule has 1 fully saturated rings. The van der Waals surface area contributed by atoms with Gasteiger partial charge < -0.3 is 9.73 Å². The van der Waals surface area contributed by atoms with Crippen molar-refractivity contribution in [2.45, 2.75) is 36.1 Å². The maximum Gasteiger partial charge on any atom is 0.273 e. The molecule has 2 heterocycles. The topological polar surface area (TPSA) is 71.3 Å². The molecule has 0 saturated carbocycles. The monoisotopic (exact) mass is 304 g/mol. The van der Waals surface area contributed by atoms with Crippen LogP contribution in [0.5, 0.6) is 0 Å². The lowest BCUT2D eigenvalue weighted by Gasteiger charge is -2.21. The Labute approximate surface area is 118 Å².